The molecule has 17 heavy (non-hydrogen) atoms. The van der Waals surface area contributed by atoms with Gasteiger partial charge >= 0.3 is 5.97 Å². The number of rotatable bonds is 5. The molecule has 0 atom stereocenters. The Balaban J connectivity index is 2.38. The molecular weight excluding hydrogens is 216 g/mol. The maximum atomic E-state index is 11.2. The molecule has 1 rings (SSSR count). The van der Waals surface area contributed by atoms with Gasteiger partial charge in [0.2, 0.25) is 0 Å². The summed E-state index contributed by atoms with van der Waals surface area (Å²) in [7, 11) is 0. The van der Waals surface area contributed by atoms with Crippen molar-refractivity contribution >= 4 is 5.97 Å². The molecule has 0 N–H and O–H groups in total. The molecule has 3 heteroatoms. The molecule has 0 saturated heterocycles. The van der Waals surface area contributed by atoms with E-state index in [1.54, 1.807) is 0 Å². The van der Waals surface area contributed by atoms with Gasteiger partial charge in [0, 0.05) is 0 Å². The van der Waals surface area contributed by atoms with Gasteiger partial charge in [0.05, 0.1) is 12.7 Å². The van der Waals surface area contributed by atoms with Crippen molar-refractivity contribution in [1.82, 2.24) is 0 Å². The van der Waals surface area contributed by atoms with Crippen LogP contribution >= 0.6 is 0 Å². The number of ether oxygens (including phenoxy) is 2. The lowest BCUT2D eigenvalue weighted by molar-refractivity contribution is -0.153. The minimum atomic E-state index is -0.315. The maximum Gasteiger partial charge on any atom is 0.332 e. The van der Waals surface area contributed by atoms with Crippen LogP contribution in [-0.2, 0) is 20.9 Å². The zero-order valence-electron chi connectivity index (χ0n) is 10.9. The first-order chi connectivity index (χ1) is 7.99. The highest BCUT2D eigenvalue weighted by atomic mass is 16.6. The molecule has 1 aromatic carbocycles. The summed E-state index contributed by atoms with van der Waals surface area (Å²) in [5.41, 5.74) is 3.51. The first-order valence-electron chi connectivity index (χ1n) is 5.82. The lowest BCUT2D eigenvalue weighted by atomic mass is 10.1. The van der Waals surface area contributed by atoms with E-state index in [1.807, 2.05) is 32.9 Å². The van der Waals surface area contributed by atoms with Gasteiger partial charge < -0.3 is 9.47 Å². The van der Waals surface area contributed by atoms with Crippen molar-refractivity contribution in [2.45, 2.75) is 40.4 Å². The molecule has 0 aromatic heterocycles. The first-order valence-corrected chi connectivity index (χ1v) is 5.82. The average molecular weight is 236 g/mol. The third-order valence-electron chi connectivity index (χ3n) is 2.34. The van der Waals surface area contributed by atoms with E-state index in [4.69, 9.17) is 9.47 Å². The summed E-state index contributed by atoms with van der Waals surface area (Å²) in [5, 5.41) is 0. The van der Waals surface area contributed by atoms with Gasteiger partial charge in [0.15, 0.2) is 0 Å². The summed E-state index contributed by atoms with van der Waals surface area (Å²) in [6.45, 7) is 8.19. The Labute approximate surface area is 103 Å². The van der Waals surface area contributed by atoms with Crippen LogP contribution in [0.4, 0.5) is 0 Å². The molecule has 0 amide bonds. The van der Waals surface area contributed by atoms with Gasteiger partial charge in [-0.3, -0.25) is 0 Å². The van der Waals surface area contributed by atoms with Gasteiger partial charge in [-0.2, -0.15) is 0 Å². The molecule has 0 aliphatic rings. The molecule has 0 fully saturated rings. The minimum absolute atomic E-state index is 0.00545. The van der Waals surface area contributed by atoms with E-state index in [0.717, 1.165) is 5.56 Å². The van der Waals surface area contributed by atoms with E-state index in [2.05, 4.69) is 13.0 Å². The Morgan fingerprint density at radius 1 is 1.29 bits per heavy atom. The Kier molecular flexibility index (Phi) is 5.16. The molecule has 0 unspecified atom stereocenters. The molecule has 0 heterocycles. The fraction of sp³-hybridized carbons (Fsp3) is 0.500. The van der Waals surface area contributed by atoms with E-state index in [9.17, 15) is 4.79 Å². The second-order valence-corrected chi connectivity index (χ2v) is 4.46. The highest BCUT2D eigenvalue weighted by Gasteiger charge is 2.06. The van der Waals surface area contributed by atoms with Crippen molar-refractivity contribution in [2.75, 3.05) is 6.61 Å². The fourth-order valence-electron chi connectivity index (χ4n) is 1.55. The van der Waals surface area contributed by atoms with Crippen molar-refractivity contribution in [3.05, 3.63) is 34.9 Å². The maximum absolute atomic E-state index is 11.2. The number of hydrogen-bond donors (Lipinski definition) is 0. The van der Waals surface area contributed by atoms with E-state index in [-0.39, 0.29) is 18.7 Å². The normalized spacial score (nSPS) is 10.6. The molecule has 0 bridgehead atoms. The molecule has 1 aromatic rings. The topological polar surface area (TPSA) is 35.5 Å². The van der Waals surface area contributed by atoms with Crippen LogP contribution < -0.4 is 0 Å². The summed E-state index contributed by atoms with van der Waals surface area (Å²) in [6.07, 6.45) is -0.0905. The SMILES string of the molecule is Cc1ccc(COCC(=O)OC(C)C)c(C)c1. The smallest absolute Gasteiger partial charge is 0.332 e. The van der Waals surface area contributed by atoms with Gasteiger partial charge in [-0.25, -0.2) is 4.79 Å². The standard InChI is InChI=1S/C14H20O3/c1-10(2)17-14(15)9-16-8-13-6-5-11(3)7-12(13)4/h5-7,10H,8-9H2,1-4H3. The molecule has 0 aliphatic heterocycles. The number of benzene rings is 1. The lowest BCUT2D eigenvalue weighted by Gasteiger charge is -2.10. The number of hydrogen-bond acceptors (Lipinski definition) is 3. The van der Waals surface area contributed by atoms with Crippen LogP contribution in [0.1, 0.15) is 30.5 Å². The van der Waals surface area contributed by atoms with E-state index < -0.39 is 0 Å². The summed E-state index contributed by atoms with van der Waals surface area (Å²) < 4.78 is 10.3. The molecule has 0 radical (unpaired) electrons. The molecular formula is C14H20O3. The number of aryl methyl sites for hydroxylation is 2. The van der Waals surface area contributed by atoms with E-state index >= 15 is 0 Å². The zero-order valence-corrected chi connectivity index (χ0v) is 10.9. The van der Waals surface area contributed by atoms with Crippen LogP contribution in [0.15, 0.2) is 18.2 Å². The first kappa shape index (κ1) is 13.7. The Morgan fingerprint density at radius 2 is 2.00 bits per heavy atom. The van der Waals surface area contributed by atoms with Gasteiger partial charge in [-0.05, 0) is 38.8 Å². The van der Waals surface area contributed by atoms with Crippen molar-refractivity contribution in [1.29, 1.82) is 0 Å². The average Bonchev–Trinajstić information content (AvgIpc) is 2.20. The van der Waals surface area contributed by atoms with E-state index in [1.165, 1.54) is 11.1 Å². The van der Waals surface area contributed by atoms with Crippen molar-refractivity contribution in [2.24, 2.45) is 0 Å². The molecule has 0 aliphatic carbocycles. The number of esters is 1. The Hall–Kier alpha value is -1.35. The largest absolute Gasteiger partial charge is 0.461 e. The van der Waals surface area contributed by atoms with Crippen LogP contribution in [0.25, 0.3) is 0 Å². The van der Waals surface area contributed by atoms with Crippen LogP contribution in [0.2, 0.25) is 0 Å². The minimum Gasteiger partial charge on any atom is -0.461 e. The summed E-state index contributed by atoms with van der Waals surface area (Å²) in [6, 6.07) is 6.17. The molecule has 0 spiro atoms. The van der Waals surface area contributed by atoms with E-state index in [0.29, 0.717) is 6.61 Å². The van der Waals surface area contributed by atoms with Crippen molar-refractivity contribution < 1.29 is 14.3 Å². The second-order valence-electron chi connectivity index (χ2n) is 4.46. The van der Waals surface area contributed by atoms with Crippen molar-refractivity contribution in [3.63, 3.8) is 0 Å². The van der Waals surface area contributed by atoms with Gasteiger partial charge in [-0.15, -0.1) is 0 Å². The van der Waals surface area contributed by atoms with Crippen LogP contribution in [0, 0.1) is 13.8 Å². The molecule has 0 saturated carbocycles. The summed E-state index contributed by atoms with van der Waals surface area (Å²) in [5.74, 6) is -0.315. The Morgan fingerprint density at radius 3 is 2.59 bits per heavy atom. The predicted molar refractivity (Wildman–Crippen MR) is 66.8 cm³/mol. The predicted octanol–water partition coefficient (Wildman–Crippen LogP) is 2.77. The third kappa shape index (κ3) is 5.00. The van der Waals surface area contributed by atoms with Crippen LogP contribution in [0.5, 0.6) is 0 Å². The molecule has 94 valence electrons. The van der Waals surface area contributed by atoms with Crippen LogP contribution in [0.3, 0.4) is 0 Å². The van der Waals surface area contributed by atoms with Gasteiger partial charge in [-0.1, -0.05) is 23.8 Å². The second kappa shape index (κ2) is 6.40. The van der Waals surface area contributed by atoms with Crippen LogP contribution in [-0.4, -0.2) is 18.7 Å². The number of carbonyl (C=O) groups is 1. The fourth-order valence-corrected chi connectivity index (χ4v) is 1.55. The zero-order chi connectivity index (χ0) is 12.8. The Bertz CT molecular complexity index is 383. The van der Waals surface area contributed by atoms with Gasteiger partial charge in [0.1, 0.15) is 6.61 Å². The summed E-state index contributed by atoms with van der Waals surface area (Å²) >= 11 is 0. The monoisotopic (exact) mass is 236 g/mol. The summed E-state index contributed by atoms with van der Waals surface area (Å²) in [4.78, 5) is 11.2. The highest BCUT2D eigenvalue weighted by Crippen LogP contribution is 2.11. The highest BCUT2D eigenvalue weighted by molar-refractivity contribution is 5.70. The number of carbonyl (C=O) groups excluding carboxylic acids is 1. The third-order valence-corrected chi connectivity index (χ3v) is 2.34. The van der Waals surface area contributed by atoms with Crippen molar-refractivity contribution in [3.8, 4) is 0 Å². The quantitative estimate of drug-likeness (QED) is 0.737. The lowest BCUT2D eigenvalue weighted by Crippen LogP contribution is -2.17. The van der Waals surface area contributed by atoms with Gasteiger partial charge in [0.25, 0.3) is 0 Å². The molecule has 3 nitrogen and oxygen atoms in total.